The smallest absolute Gasteiger partial charge is 0.251 e. The summed E-state index contributed by atoms with van der Waals surface area (Å²) in [6, 6.07) is 11.8. The third-order valence-corrected chi connectivity index (χ3v) is 3.08. The fourth-order valence-electron chi connectivity index (χ4n) is 2.02. The van der Waals surface area contributed by atoms with E-state index in [9.17, 15) is 9.18 Å². The van der Waals surface area contributed by atoms with Gasteiger partial charge >= 0.3 is 0 Å². The van der Waals surface area contributed by atoms with Gasteiger partial charge in [-0.2, -0.15) is 0 Å². The average Bonchev–Trinajstić information content (AvgIpc) is 2.43. The number of halogens is 1. The van der Waals surface area contributed by atoms with Crippen molar-refractivity contribution in [3.63, 3.8) is 0 Å². The zero-order valence-electron chi connectivity index (χ0n) is 12.2. The summed E-state index contributed by atoms with van der Waals surface area (Å²) in [6.07, 6.45) is 0. The fourth-order valence-corrected chi connectivity index (χ4v) is 2.02. The monoisotopic (exact) mass is 287 g/mol. The van der Waals surface area contributed by atoms with Crippen LogP contribution in [0.5, 0.6) is 5.75 Å². The van der Waals surface area contributed by atoms with Crippen molar-refractivity contribution in [1.29, 1.82) is 0 Å². The minimum absolute atomic E-state index is 0.222. The van der Waals surface area contributed by atoms with Gasteiger partial charge in [0.15, 0.2) is 0 Å². The maximum Gasteiger partial charge on any atom is 0.251 e. The first-order chi connectivity index (χ1) is 10.1. The third kappa shape index (κ3) is 4.31. The first-order valence-electron chi connectivity index (χ1n) is 6.80. The maximum atomic E-state index is 13.0. The zero-order chi connectivity index (χ0) is 15.2. The van der Waals surface area contributed by atoms with Gasteiger partial charge in [-0.1, -0.05) is 12.1 Å². The highest BCUT2D eigenvalue weighted by molar-refractivity contribution is 5.95. The van der Waals surface area contributed by atoms with E-state index in [2.05, 4.69) is 5.32 Å². The number of rotatable bonds is 5. The number of hydrogen-bond donors (Lipinski definition) is 1. The molecule has 0 heterocycles. The van der Waals surface area contributed by atoms with Gasteiger partial charge in [0.2, 0.25) is 0 Å². The van der Waals surface area contributed by atoms with Crippen LogP contribution in [0.15, 0.2) is 42.5 Å². The van der Waals surface area contributed by atoms with Crippen molar-refractivity contribution in [3.05, 3.63) is 65.0 Å². The van der Waals surface area contributed by atoms with Crippen LogP contribution in [0, 0.1) is 19.7 Å². The molecule has 0 fully saturated rings. The van der Waals surface area contributed by atoms with E-state index in [1.807, 2.05) is 31.2 Å². The molecule has 0 atom stereocenters. The van der Waals surface area contributed by atoms with E-state index in [4.69, 9.17) is 4.74 Å². The first kappa shape index (κ1) is 15.0. The summed E-state index contributed by atoms with van der Waals surface area (Å²) in [5, 5.41) is 2.76. The highest BCUT2D eigenvalue weighted by Crippen LogP contribution is 2.12. The van der Waals surface area contributed by atoms with E-state index in [-0.39, 0.29) is 11.7 Å². The molecule has 2 aromatic carbocycles. The van der Waals surface area contributed by atoms with Gasteiger partial charge in [-0.05, 0) is 55.3 Å². The normalized spacial score (nSPS) is 10.2. The molecule has 0 aliphatic heterocycles. The molecule has 0 bridgehead atoms. The standard InChI is InChI=1S/C17H18FNO2/c1-12-4-3-5-15(10-12)21-9-8-19-17(20)16-7-6-14(18)11-13(16)2/h3-7,10-11H,8-9H2,1-2H3,(H,19,20). The van der Waals surface area contributed by atoms with Gasteiger partial charge in [0.25, 0.3) is 5.91 Å². The maximum absolute atomic E-state index is 13.0. The predicted molar refractivity (Wildman–Crippen MR) is 80.1 cm³/mol. The minimum atomic E-state index is -0.341. The second-order valence-corrected chi connectivity index (χ2v) is 4.88. The number of hydrogen-bond acceptors (Lipinski definition) is 2. The molecular weight excluding hydrogens is 269 g/mol. The highest BCUT2D eigenvalue weighted by Gasteiger charge is 2.08. The molecule has 1 N–H and O–H groups in total. The van der Waals surface area contributed by atoms with Crippen molar-refractivity contribution in [2.24, 2.45) is 0 Å². The summed E-state index contributed by atoms with van der Waals surface area (Å²) in [5.41, 5.74) is 2.22. The molecular formula is C17H18FNO2. The number of amides is 1. The minimum Gasteiger partial charge on any atom is -0.492 e. The Labute approximate surface area is 123 Å². The van der Waals surface area contributed by atoms with Crippen LogP contribution >= 0.6 is 0 Å². The second kappa shape index (κ2) is 6.88. The molecule has 0 aliphatic rings. The quantitative estimate of drug-likeness (QED) is 0.857. The van der Waals surface area contributed by atoms with Crippen LogP contribution in [0.2, 0.25) is 0 Å². The number of aryl methyl sites for hydroxylation is 2. The molecule has 0 aliphatic carbocycles. The first-order valence-corrected chi connectivity index (χ1v) is 6.80. The molecule has 0 aromatic heterocycles. The summed E-state index contributed by atoms with van der Waals surface area (Å²) < 4.78 is 18.5. The summed E-state index contributed by atoms with van der Waals surface area (Å²) >= 11 is 0. The van der Waals surface area contributed by atoms with Crippen LogP contribution in [0.25, 0.3) is 0 Å². The van der Waals surface area contributed by atoms with Crippen LogP contribution in [0.1, 0.15) is 21.5 Å². The molecule has 110 valence electrons. The second-order valence-electron chi connectivity index (χ2n) is 4.88. The van der Waals surface area contributed by atoms with Gasteiger partial charge in [0, 0.05) is 5.56 Å². The van der Waals surface area contributed by atoms with E-state index in [1.54, 1.807) is 6.92 Å². The average molecular weight is 287 g/mol. The van der Waals surface area contributed by atoms with Crippen molar-refractivity contribution in [2.45, 2.75) is 13.8 Å². The van der Waals surface area contributed by atoms with Crippen LogP contribution in [-0.2, 0) is 0 Å². The van der Waals surface area contributed by atoms with Crippen LogP contribution < -0.4 is 10.1 Å². The number of carbonyl (C=O) groups is 1. The summed E-state index contributed by atoms with van der Waals surface area (Å²) in [7, 11) is 0. The van der Waals surface area contributed by atoms with Crippen molar-refractivity contribution in [3.8, 4) is 5.75 Å². The Morgan fingerprint density at radius 3 is 2.71 bits per heavy atom. The number of benzene rings is 2. The van der Waals surface area contributed by atoms with Gasteiger partial charge < -0.3 is 10.1 Å². The molecule has 0 saturated heterocycles. The van der Waals surface area contributed by atoms with Crippen molar-refractivity contribution < 1.29 is 13.9 Å². The molecule has 0 unspecified atom stereocenters. The number of nitrogens with one attached hydrogen (secondary N) is 1. The van der Waals surface area contributed by atoms with E-state index >= 15 is 0 Å². The van der Waals surface area contributed by atoms with Crippen LogP contribution in [-0.4, -0.2) is 19.1 Å². The molecule has 2 aromatic rings. The SMILES string of the molecule is Cc1cccc(OCCNC(=O)c2ccc(F)cc2C)c1. The van der Waals surface area contributed by atoms with Crippen molar-refractivity contribution in [1.82, 2.24) is 5.32 Å². The molecule has 0 spiro atoms. The van der Waals surface area contributed by atoms with Gasteiger partial charge in [0.1, 0.15) is 18.2 Å². The van der Waals surface area contributed by atoms with Gasteiger partial charge in [-0.25, -0.2) is 4.39 Å². The van der Waals surface area contributed by atoms with E-state index in [1.165, 1.54) is 18.2 Å². The van der Waals surface area contributed by atoms with Crippen LogP contribution in [0.4, 0.5) is 4.39 Å². The topological polar surface area (TPSA) is 38.3 Å². The van der Waals surface area contributed by atoms with Crippen LogP contribution in [0.3, 0.4) is 0 Å². The highest BCUT2D eigenvalue weighted by atomic mass is 19.1. The van der Waals surface area contributed by atoms with E-state index in [0.717, 1.165) is 11.3 Å². The van der Waals surface area contributed by atoms with E-state index < -0.39 is 0 Å². The largest absolute Gasteiger partial charge is 0.492 e. The lowest BCUT2D eigenvalue weighted by molar-refractivity contribution is 0.0946. The van der Waals surface area contributed by atoms with Gasteiger partial charge in [0.05, 0.1) is 6.54 Å². The number of ether oxygens (including phenoxy) is 1. The van der Waals surface area contributed by atoms with Crippen molar-refractivity contribution in [2.75, 3.05) is 13.2 Å². The van der Waals surface area contributed by atoms with E-state index in [0.29, 0.717) is 24.3 Å². The summed E-state index contributed by atoms with van der Waals surface area (Å²) in [6.45, 7) is 4.48. The lowest BCUT2D eigenvalue weighted by Crippen LogP contribution is -2.28. The molecule has 3 nitrogen and oxygen atoms in total. The molecule has 2 rings (SSSR count). The lowest BCUT2D eigenvalue weighted by atomic mass is 10.1. The molecule has 4 heteroatoms. The molecule has 1 amide bonds. The Morgan fingerprint density at radius 1 is 1.19 bits per heavy atom. The Hall–Kier alpha value is -2.36. The van der Waals surface area contributed by atoms with Gasteiger partial charge in [-0.15, -0.1) is 0 Å². The Morgan fingerprint density at radius 2 is 2.00 bits per heavy atom. The zero-order valence-corrected chi connectivity index (χ0v) is 12.2. The molecule has 21 heavy (non-hydrogen) atoms. The Balaban J connectivity index is 1.82. The van der Waals surface area contributed by atoms with Crippen molar-refractivity contribution >= 4 is 5.91 Å². The Kier molecular flexibility index (Phi) is 4.93. The third-order valence-electron chi connectivity index (χ3n) is 3.08. The fraction of sp³-hybridized carbons (Fsp3) is 0.235. The van der Waals surface area contributed by atoms with Gasteiger partial charge in [-0.3, -0.25) is 4.79 Å². The number of carbonyl (C=O) groups excluding carboxylic acids is 1. The summed E-state index contributed by atoms with van der Waals surface area (Å²) in [5.74, 6) is 0.217. The summed E-state index contributed by atoms with van der Waals surface area (Å²) in [4.78, 5) is 12.0. The lowest BCUT2D eigenvalue weighted by Gasteiger charge is -2.09. The molecule has 0 radical (unpaired) electrons. The Bertz CT molecular complexity index is 640. The molecule has 0 saturated carbocycles. The predicted octanol–water partition coefficient (Wildman–Crippen LogP) is 3.25.